The second-order valence-electron chi connectivity index (χ2n) is 9.60. The van der Waals surface area contributed by atoms with Crippen molar-refractivity contribution >= 4 is 11.8 Å². The molecule has 2 amide bonds. The first-order valence-electron chi connectivity index (χ1n) is 13.0. The normalized spacial score (nSPS) is 14.6. The van der Waals surface area contributed by atoms with Crippen molar-refractivity contribution in [2.24, 2.45) is 0 Å². The molecule has 0 saturated heterocycles. The Morgan fingerprint density at radius 3 is 2.22 bits per heavy atom. The van der Waals surface area contributed by atoms with E-state index < -0.39 is 6.04 Å². The molecule has 4 rings (SSSR count). The van der Waals surface area contributed by atoms with Crippen LogP contribution in [0.2, 0.25) is 0 Å². The molecule has 188 valence electrons. The summed E-state index contributed by atoms with van der Waals surface area (Å²) in [6.45, 7) is 2.25. The van der Waals surface area contributed by atoms with E-state index in [-0.39, 0.29) is 24.5 Å². The minimum Gasteiger partial charge on any atom is -0.484 e. The molecule has 0 radical (unpaired) electrons. The lowest BCUT2D eigenvalue weighted by Crippen LogP contribution is -2.53. The van der Waals surface area contributed by atoms with E-state index in [9.17, 15) is 9.59 Å². The van der Waals surface area contributed by atoms with E-state index >= 15 is 0 Å². The van der Waals surface area contributed by atoms with E-state index in [1.165, 1.54) is 6.42 Å². The molecule has 1 aliphatic rings. The number of hydrogen-bond donors (Lipinski definition) is 1. The number of rotatable bonds is 10. The van der Waals surface area contributed by atoms with Gasteiger partial charge in [0.1, 0.15) is 11.8 Å². The topological polar surface area (TPSA) is 58.6 Å². The van der Waals surface area contributed by atoms with Crippen LogP contribution in [0.5, 0.6) is 5.75 Å². The molecule has 0 aromatic heterocycles. The predicted molar refractivity (Wildman–Crippen MR) is 143 cm³/mol. The van der Waals surface area contributed by atoms with E-state index in [0.717, 1.165) is 42.4 Å². The summed E-state index contributed by atoms with van der Waals surface area (Å²) in [5.74, 6) is 0.335. The largest absolute Gasteiger partial charge is 0.484 e. The van der Waals surface area contributed by atoms with Crippen molar-refractivity contribution in [1.29, 1.82) is 0 Å². The summed E-state index contributed by atoms with van der Waals surface area (Å²) in [6, 6.07) is 26.8. The Morgan fingerprint density at radius 2 is 1.53 bits per heavy atom. The Labute approximate surface area is 214 Å². The summed E-state index contributed by atoms with van der Waals surface area (Å²) in [7, 11) is 0. The third-order valence-electron chi connectivity index (χ3n) is 6.93. The molecule has 5 heteroatoms. The van der Waals surface area contributed by atoms with Crippen molar-refractivity contribution in [3.05, 3.63) is 102 Å². The van der Waals surface area contributed by atoms with Crippen LogP contribution in [-0.2, 0) is 22.6 Å². The van der Waals surface area contributed by atoms with Gasteiger partial charge in [0, 0.05) is 19.0 Å². The Bertz CT molecular complexity index is 1110. The van der Waals surface area contributed by atoms with Crippen molar-refractivity contribution in [3.8, 4) is 5.75 Å². The predicted octanol–water partition coefficient (Wildman–Crippen LogP) is 5.46. The van der Waals surface area contributed by atoms with Crippen molar-refractivity contribution in [2.75, 3.05) is 6.61 Å². The molecular formula is C31H36N2O3. The fourth-order valence-corrected chi connectivity index (χ4v) is 4.81. The van der Waals surface area contributed by atoms with Gasteiger partial charge in [0.2, 0.25) is 5.91 Å². The maximum Gasteiger partial charge on any atom is 0.261 e. The minimum absolute atomic E-state index is 0.0904. The molecule has 1 N–H and O–H groups in total. The summed E-state index contributed by atoms with van der Waals surface area (Å²) in [4.78, 5) is 29.2. The molecular weight excluding hydrogens is 448 g/mol. The lowest BCUT2D eigenvalue weighted by atomic mass is 9.94. The average molecular weight is 485 g/mol. The molecule has 1 aliphatic carbocycles. The highest BCUT2D eigenvalue weighted by atomic mass is 16.5. The number of nitrogens with zero attached hydrogens (tertiary/aromatic N) is 1. The molecule has 5 nitrogen and oxygen atoms in total. The summed E-state index contributed by atoms with van der Waals surface area (Å²) < 4.78 is 5.82. The lowest BCUT2D eigenvalue weighted by Gasteiger charge is -2.33. The van der Waals surface area contributed by atoms with Gasteiger partial charge in [0.05, 0.1) is 0 Å². The molecule has 3 aromatic rings. The molecule has 0 spiro atoms. The van der Waals surface area contributed by atoms with E-state index in [2.05, 4.69) is 5.32 Å². The van der Waals surface area contributed by atoms with Crippen LogP contribution >= 0.6 is 0 Å². The molecule has 1 unspecified atom stereocenters. The van der Waals surface area contributed by atoms with E-state index in [1.807, 2.05) is 91.9 Å². The van der Waals surface area contributed by atoms with Gasteiger partial charge in [-0.3, -0.25) is 9.59 Å². The van der Waals surface area contributed by atoms with Gasteiger partial charge in [-0.1, -0.05) is 92.1 Å². The summed E-state index contributed by atoms with van der Waals surface area (Å²) >= 11 is 0. The first kappa shape index (κ1) is 25.5. The number of carbonyl (C=O) groups excluding carboxylic acids is 2. The number of aryl methyl sites for hydroxylation is 1. The zero-order valence-corrected chi connectivity index (χ0v) is 21.1. The first-order chi connectivity index (χ1) is 17.6. The number of amides is 2. The Kier molecular flexibility index (Phi) is 9.15. The smallest absolute Gasteiger partial charge is 0.261 e. The third kappa shape index (κ3) is 7.20. The molecule has 3 aromatic carbocycles. The Balaban J connectivity index is 1.61. The molecule has 0 bridgehead atoms. The molecule has 1 atom stereocenters. The first-order valence-corrected chi connectivity index (χ1v) is 13.0. The molecule has 1 saturated carbocycles. The lowest BCUT2D eigenvalue weighted by molar-refractivity contribution is -0.143. The van der Waals surface area contributed by atoms with Crippen LogP contribution in [-0.4, -0.2) is 35.4 Å². The van der Waals surface area contributed by atoms with Gasteiger partial charge in [-0.2, -0.15) is 0 Å². The summed E-state index contributed by atoms with van der Waals surface area (Å²) in [5, 5.41) is 3.28. The van der Waals surface area contributed by atoms with Crippen molar-refractivity contribution in [2.45, 2.75) is 64.1 Å². The molecule has 1 fully saturated rings. The fraction of sp³-hybridized carbons (Fsp3) is 0.355. The van der Waals surface area contributed by atoms with Crippen molar-refractivity contribution in [3.63, 3.8) is 0 Å². The number of carbonyl (C=O) groups is 2. The standard InChI is InChI=1S/C31H36N2O3/c1-24-13-11-12-16-26(24)22-33(30(34)23-36-28-19-9-4-10-20-28)29(21-25-14-5-2-6-15-25)31(35)32-27-17-7-3-8-18-27/h2,4-6,9-16,19-20,27,29H,3,7-8,17-18,21-23H2,1H3,(H,32,35). The zero-order valence-electron chi connectivity index (χ0n) is 21.1. The number of para-hydroxylation sites is 1. The van der Waals surface area contributed by atoms with Gasteiger partial charge in [-0.05, 0) is 48.6 Å². The monoisotopic (exact) mass is 484 g/mol. The Hall–Kier alpha value is -3.60. The van der Waals surface area contributed by atoms with Crippen molar-refractivity contribution in [1.82, 2.24) is 10.2 Å². The number of benzene rings is 3. The second kappa shape index (κ2) is 12.9. The molecule has 0 aliphatic heterocycles. The number of hydrogen-bond acceptors (Lipinski definition) is 3. The van der Waals surface area contributed by atoms with Crippen LogP contribution in [0.4, 0.5) is 0 Å². The van der Waals surface area contributed by atoms with Gasteiger partial charge < -0.3 is 15.0 Å². The number of ether oxygens (including phenoxy) is 1. The average Bonchev–Trinajstić information content (AvgIpc) is 2.92. The van der Waals surface area contributed by atoms with Crippen LogP contribution in [0.15, 0.2) is 84.9 Å². The van der Waals surface area contributed by atoms with Crippen LogP contribution in [0.1, 0.15) is 48.8 Å². The molecule has 0 heterocycles. The van der Waals surface area contributed by atoms with Crippen LogP contribution in [0, 0.1) is 6.92 Å². The van der Waals surface area contributed by atoms with Crippen molar-refractivity contribution < 1.29 is 14.3 Å². The SMILES string of the molecule is Cc1ccccc1CN(C(=O)COc1ccccc1)C(Cc1ccccc1)C(=O)NC1CCCCC1. The highest BCUT2D eigenvalue weighted by molar-refractivity contribution is 5.88. The summed E-state index contributed by atoms with van der Waals surface area (Å²) in [5.41, 5.74) is 3.13. The van der Waals surface area contributed by atoms with E-state index in [4.69, 9.17) is 4.74 Å². The minimum atomic E-state index is -0.638. The highest BCUT2D eigenvalue weighted by Gasteiger charge is 2.32. The van der Waals surface area contributed by atoms with Gasteiger partial charge in [0.15, 0.2) is 6.61 Å². The quantitative estimate of drug-likeness (QED) is 0.416. The molecule has 36 heavy (non-hydrogen) atoms. The van der Waals surface area contributed by atoms with Crippen LogP contribution in [0.3, 0.4) is 0 Å². The van der Waals surface area contributed by atoms with Gasteiger partial charge in [0.25, 0.3) is 5.91 Å². The van der Waals surface area contributed by atoms with Gasteiger partial charge in [-0.25, -0.2) is 0 Å². The van der Waals surface area contributed by atoms with Gasteiger partial charge >= 0.3 is 0 Å². The summed E-state index contributed by atoms with van der Waals surface area (Å²) in [6.07, 6.45) is 5.91. The highest BCUT2D eigenvalue weighted by Crippen LogP contribution is 2.21. The van der Waals surface area contributed by atoms with E-state index in [0.29, 0.717) is 18.7 Å². The fourth-order valence-electron chi connectivity index (χ4n) is 4.81. The second-order valence-corrected chi connectivity index (χ2v) is 9.60. The maximum atomic E-state index is 13.8. The third-order valence-corrected chi connectivity index (χ3v) is 6.93. The zero-order chi connectivity index (χ0) is 25.2. The van der Waals surface area contributed by atoms with Crippen LogP contribution in [0.25, 0.3) is 0 Å². The van der Waals surface area contributed by atoms with E-state index in [1.54, 1.807) is 4.90 Å². The van der Waals surface area contributed by atoms with Gasteiger partial charge in [-0.15, -0.1) is 0 Å². The maximum absolute atomic E-state index is 13.8. The number of nitrogens with one attached hydrogen (secondary N) is 1. The Morgan fingerprint density at radius 1 is 0.889 bits per heavy atom. The van der Waals surface area contributed by atoms with Crippen LogP contribution < -0.4 is 10.1 Å².